The number of benzene rings is 1. The number of azide groups is 1. The maximum Gasteiger partial charge on any atom is 0.181 e. The van der Waals surface area contributed by atoms with Crippen LogP contribution in [0.5, 0.6) is 0 Å². The minimum Gasteiger partial charge on any atom is -0.263 e. The molecule has 0 radical (unpaired) electrons. The van der Waals surface area contributed by atoms with E-state index in [1.165, 1.54) is 0 Å². The average Bonchev–Trinajstić information content (AvgIpc) is 2.66. The second kappa shape index (κ2) is 3.81. The van der Waals surface area contributed by atoms with Crippen molar-refractivity contribution >= 4 is 5.69 Å². The van der Waals surface area contributed by atoms with Crippen LogP contribution in [0, 0.1) is 6.92 Å². The molecule has 0 saturated heterocycles. The summed E-state index contributed by atoms with van der Waals surface area (Å²) in [6, 6.07) is 7.12. The molecule has 0 bridgehead atoms. The van der Waals surface area contributed by atoms with E-state index in [2.05, 4.69) is 25.2 Å². The molecule has 6 heteroatoms. The zero-order valence-corrected chi connectivity index (χ0v) is 8.05. The minimum atomic E-state index is 0.553. The van der Waals surface area contributed by atoms with Gasteiger partial charge < -0.3 is 0 Å². The molecule has 2 rings (SSSR count). The van der Waals surface area contributed by atoms with Gasteiger partial charge in [-0.2, -0.15) is 5.10 Å². The Balaban J connectivity index is 2.44. The van der Waals surface area contributed by atoms with Gasteiger partial charge in [-0.1, -0.05) is 23.3 Å². The first-order valence-electron chi connectivity index (χ1n) is 4.34. The summed E-state index contributed by atoms with van der Waals surface area (Å²) in [7, 11) is 0. The summed E-state index contributed by atoms with van der Waals surface area (Å²) in [5.41, 5.74) is 9.68. The Morgan fingerprint density at radius 1 is 1.47 bits per heavy atom. The molecule has 74 valence electrons. The SMILES string of the molecule is Cc1nc(-c2cccc(N=[N+]=[N-])c2)n[nH]1. The number of aromatic amines is 1. The lowest BCUT2D eigenvalue weighted by atomic mass is 10.2. The number of hydrogen-bond acceptors (Lipinski definition) is 3. The van der Waals surface area contributed by atoms with Crippen LogP contribution in [-0.4, -0.2) is 15.2 Å². The van der Waals surface area contributed by atoms with Crippen molar-refractivity contribution in [2.24, 2.45) is 5.11 Å². The standard InChI is InChI=1S/C9H8N6/c1-6-11-9(14-12-6)7-3-2-4-8(5-7)13-15-10/h2-5H,1H3,(H,11,12,14). The van der Waals surface area contributed by atoms with Crippen molar-refractivity contribution in [2.45, 2.75) is 6.92 Å². The van der Waals surface area contributed by atoms with E-state index in [1.54, 1.807) is 18.2 Å². The first-order chi connectivity index (χ1) is 7.29. The topological polar surface area (TPSA) is 90.3 Å². The van der Waals surface area contributed by atoms with Crippen LogP contribution in [0.2, 0.25) is 0 Å². The molecule has 1 heterocycles. The van der Waals surface area contributed by atoms with E-state index in [0.717, 1.165) is 11.4 Å². The van der Waals surface area contributed by atoms with Crippen LogP contribution < -0.4 is 0 Å². The molecule has 1 aromatic heterocycles. The van der Waals surface area contributed by atoms with Crippen molar-refractivity contribution in [2.75, 3.05) is 0 Å². The molecule has 2 aromatic rings. The third-order valence-corrected chi connectivity index (χ3v) is 1.86. The molecule has 6 nitrogen and oxygen atoms in total. The van der Waals surface area contributed by atoms with Gasteiger partial charge in [-0.05, 0) is 18.5 Å². The lowest BCUT2D eigenvalue weighted by Gasteiger charge is -1.95. The molecule has 1 aromatic carbocycles. The molecular formula is C9H8N6. The van der Waals surface area contributed by atoms with Crippen LogP contribution in [0.4, 0.5) is 5.69 Å². The quantitative estimate of drug-likeness (QED) is 0.458. The third-order valence-electron chi connectivity index (χ3n) is 1.86. The van der Waals surface area contributed by atoms with Gasteiger partial charge in [0.2, 0.25) is 0 Å². The lowest BCUT2D eigenvalue weighted by Crippen LogP contribution is -1.79. The Kier molecular flexibility index (Phi) is 2.35. The summed E-state index contributed by atoms with van der Waals surface area (Å²) in [4.78, 5) is 6.90. The number of nitrogens with one attached hydrogen (secondary N) is 1. The highest BCUT2D eigenvalue weighted by atomic mass is 15.2. The van der Waals surface area contributed by atoms with E-state index < -0.39 is 0 Å². The zero-order valence-electron chi connectivity index (χ0n) is 8.05. The largest absolute Gasteiger partial charge is 0.263 e. The molecule has 0 aliphatic rings. The molecule has 1 N–H and O–H groups in total. The van der Waals surface area contributed by atoms with Crippen LogP contribution in [0.3, 0.4) is 0 Å². The van der Waals surface area contributed by atoms with E-state index in [-0.39, 0.29) is 0 Å². The Hall–Kier alpha value is -2.33. The van der Waals surface area contributed by atoms with Gasteiger partial charge in [-0.25, -0.2) is 4.98 Å². The van der Waals surface area contributed by atoms with E-state index in [9.17, 15) is 0 Å². The third kappa shape index (κ3) is 1.95. The molecular weight excluding hydrogens is 192 g/mol. The monoisotopic (exact) mass is 200 g/mol. The predicted octanol–water partition coefficient (Wildman–Crippen LogP) is 2.72. The fourth-order valence-corrected chi connectivity index (χ4v) is 1.23. The van der Waals surface area contributed by atoms with Gasteiger partial charge in [0.15, 0.2) is 5.82 Å². The number of H-pyrrole nitrogens is 1. The molecule has 0 aliphatic heterocycles. The van der Waals surface area contributed by atoms with Crippen molar-refractivity contribution in [3.05, 3.63) is 40.5 Å². The zero-order chi connectivity index (χ0) is 10.7. The van der Waals surface area contributed by atoms with Crippen molar-refractivity contribution in [1.82, 2.24) is 15.2 Å². The molecule has 0 amide bonds. The van der Waals surface area contributed by atoms with Crippen LogP contribution in [0.15, 0.2) is 29.4 Å². The molecule has 0 spiro atoms. The van der Waals surface area contributed by atoms with Gasteiger partial charge in [0, 0.05) is 16.2 Å². The molecule has 0 fully saturated rings. The second-order valence-corrected chi connectivity index (χ2v) is 2.98. The first-order valence-corrected chi connectivity index (χ1v) is 4.34. The molecule has 0 atom stereocenters. The molecule has 0 unspecified atom stereocenters. The van der Waals surface area contributed by atoms with Gasteiger partial charge >= 0.3 is 0 Å². The van der Waals surface area contributed by atoms with Gasteiger partial charge in [-0.15, -0.1) is 0 Å². The van der Waals surface area contributed by atoms with E-state index in [4.69, 9.17) is 5.53 Å². The highest BCUT2D eigenvalue weighted by Gasteiger charge is 2.03. The number of aryl methyl sites for hydroxylation is 1. The van der Waals surface area contributed by atoms with Crippen LogP contribution in [0.25, 0.3) is 21.8 Å². The normalized spacial score (nSPS) is 9.67. The van der Waals surface area contributed by atoms with Crippen molar-refractivity contribution < 1.29 is 0 Å². The highest BCUT2D eigenvalue weighted by Crippen LogP contribution is 2.21. The van der Waals surface area contributed by atoms with E-state index in [1.807, 2.05) is 13.0 Å². The molecule has 0 saturated carbocycles. The average molecular weight is 200 g/mol. The summed E-state index contributed by atoms with van der Waals surface area (Å²) < 4.78 is 0. The van der Waals surface area contributed by atoms with Crippen LogP contribution in [-0.2, 0) is 0 Å². The van der Waals surface area contributed by atoms with Crippen LogP contribution in [0.1, 0.15) is 5.82 Å². The van der Waals surface area contributed by atoms with Gasteiger partial charge in [0.05, 0.1) is 0 Å². The van der Waals surface area contributed by atoms with E-state index in [0.29, 0.717) is 11.5 Å². The Labute approximate surface area is 85.6 Å². The summed E-state index contributed by atoms with van der Waals surface area (Å²) in [6.07, 6.45) is 0. The second-order valence-electron chi connectivity index (χ2n) is 2.98. The van der Waals surface area contributed by atoms with Crippen LogP contribution >= 0.6 is 0 Å². The van der Waals surface area contributed by atoms with Crippen molar-refractivity contribution in [3.63, 3.8) is 0 Å². The van der Waals surface area contributed by atoms with Gasteiger partial charge in [0.25, 0.3) is 0 Å². The minimum absolute atomic E-state index is 0.553. The van der Waals surface area contributed by atoms with Gasteiger partial charge in [-0.3, -0.25) is 5.10 Å². The molecule has 15 heavy (non-hydrogen) atoms. The number of nitrogens with zero attached hydrogens (tertiary/aromatic N) is 5. The number of hydrogen-bond donors (Lipinski definition) is 1. The Morgan fingerprint density at radius 2 is 2.33 bits per heavy atom. The van der Waals surface area contributed by atoms with Crippen molar-refractivity contribution in [3.8, 4) is 11.4 Å². The first kappa shape index (κ1) is 9.23. The summed E-state index contributed by atoms with van der Waals surface area (Å²) in [5, 5.41) is 10.3. The fourth-order valence-electron chi connectivity index (χ4n) is 1.23. The molecule has 0 aliphatic carbocycles. The lowest BCUT2D eigenvalue weighted by molar-refractivity contribution is 1.04. The maximum atomic E-state index is 8.31. The summed E-state index contributed by atoms with van der Waals surface area (Å²) >= 11 is 0. The van der Waals surface area contributed by atoms with Crippen molar-refractivity contribution in [1.29, 1.82) is 0 Å². The summed E-state index contributed by atoms with van der Waals surface area (Å²) in [5.74, 6) is 1.35. The number of rotatable bonds is 2. The smallest absolute Gasteiger partial charge is 0.181 e. The highest BCUT2D eigenvalue weighted by molar-refractivity contribution is 5.60. The van der Waals surface area contributed by atoms with Gasteiger partial charge in [0.1, 0.15) is 5.82 Å². The maximum absolute atomic E-state index is 8.31. The Bertz CT molecular complexity index is 523. The summed E-state index contributed by atoms with van der Waals surface area (Å²) in [6.45, 7) is 1.83. The van der Waals surface area contributed by atoms with E-state index >= 15 is 0 Å². The Morgan fingerprint density at radius 3 is 3.00 bits per heavy atom. The fraction of sp³-hybridized carbons (Fsp3) is 0.111. The number of aromatic nitrogens is 3. The predicted molar refractivity (Wildman–Crippen MR) is 55.4 cm³/mol.